The predicted octanol–water partition coefficient (Wildman–Crippen LogP) is 0.923. The minimum Gasteiger partial charge on any atom is -0.368 e. The van der Waals surface area contributed by atoms with Crippen LogP contribution in [0.15, 0.2) is 61.3 Å². The average molecular weight is 462 g/mol. The monoisotopic (exact) mass is 462 g/mol. The standard InChI is InChI=1S/C21H14N14/c22-10-13-3-1-4-14(9-13)18-17(15-5-7-24-12-25-15)19-27-16(30-35(19)20(23)28-18)11-34-31-21(29-32-34)33-8-2-6-26-33/h1-9,12H,11H2,(H2,23,28). The SMILES string of the molecule is N#Cc1cccc(-c2nc(N)n3nc(Cn4nnc(-n5cccn5)n4)nc3c2-c2ccncn2)c1. The number of nitrogens with two attached hydrogens (primary N) is 1. The van der Waals surface area contributed by atoms with Crippen LogP contribution >= 0.6 is 0 Å². The van der Waals surface area contributed by atoms with Gasteiger partial charge in [0.25, 0.3) is 5.95 Å². The van der Waals surface area contributed by atoms with Crippen LogP contribution in [0.25, 0.3) is 34.1 Å². The Balaban J connectivity index is 1.49. The summed E-state index contributed by atoms with van der Waals surface area (Å²) >= 11 is 0. The van der Waals surface area contributed by atoms with Gasteiger partial charge < -0.3 is 5.73 Å². The van der Waals surface area contributed by atoms with Gasteiger partial charge in [0.15, 0.2) is 11.5 Å². The first-order valence-electron chi connectivity index (χ1n) is 10.3. The maximum absolute atomic E-state index is 9.36. The summed E-state index contributed by atoms with van der Waals surface area (Å²) in [5.41, 5.74) is 9.59. The Morgan fingerprint density at radius 1 is 1.06 bits per heavy atom. The van der Waals surface area contributed by atoms with Crippen molar-refractivity contribution in [3.8, 4) is 34.5 Å². The van der Waals surface area contributed by atoms with Crippen molar-refractivity contribution in [2.45, 2.75) is 6.54 Å². The number of nitrogen functional groups attached to an aromatic ring is 1. The van der Waals surface area contributed by atoms with Crippen molar-refractivity contribution in [3.05, 3.63) is 72.7 Å². The molecule has 0 saturated heterocycles. The first-order chi connectivity index (χ1) is 17.2. The number of hydrogen-bond donors (Lipinski definition) is 1. The van der Waals surface area contributed by atoms with Crippen LogP contribution in [0.5, 0.6) is 0 Å². The minimum atomic E-state index is 0.123. The summed E-state index contributed by atoms with van der Waals surface area (Å²) in [6, 6.07) is 12.7. The summed E-state index contributed by atoms with van der Waals surface area (Å²) in [7, 11) is 0. The van der Waals surface area contributed by atoms with Crippen LogP contribution in [0.3, 0.4) is 0 Å². The number of aromatic nitrogens is 12. The van der Waals surface area contributed by atoms with E-state index in [0.717, 1.165) is 0 Å². The normalized spacial score (nSPS) is 11.1. The van der Waals surface area contributed by atoms with Crippen LogP contribution in [0.1, 0.15) is 11.4 Å². The maximum Gasteiger partial charge on any atom is 0.290 e. The lowest BCUT2D eigenvalue weighted by Gasteiger charge is -2.11. The summed E-state index contributed by atoms with van der Waals surface area (Å²) < 4.78 is 2.94. The van der Waals surface area contributed by atoms with E-state index in [1.807, 2.05) is 6.07 Å². The molecule has 35 heavy (non-hydrogen) atoms. The number of rotatable bonds is 5. The Morgan fingerprint density at radius 3 is 2.80 bits per heavy atom. The Morgan fingerprint density at radius 2 is 2.00 bits per heavy atom. The molecule has 0 aliphatic heterocycles. The minimum absolute atomic E-state index is 0.123. The summed E-state index contributed by atoms with van der Waals surface area (Å²) in [5, 5.41) is 30.3. The van der Waals surface area contributed by atoms with Crippen molar-refractivity contribution in [3.63, 3.8) is 0 Å². The number of tetrazole rings is 1. The van der Waals surface area contributed by atoms with Crippen molar-refractivity contribution < 1.29 is 0 Å². The highest BCUT2D eigenvalue weighted by molar-refractivity contribution is 5.89. The highest BCUT2D eigenvalue weighted by Crippen LogP contribution is 2.33. The number of hydrogen-bond acceptors (Lipinski definition) is 11. The topological polar surface area (TPSA) is 180 Å². The lowest BCUT2D eigenvalue weighted by Crippen LogP contribution is -2.08. The van der Waals surface area contributed by atoms with Crippen molar-refractivity contribution in [2.75, 3.05) is 5.73 Å². The third-order valence-electron chi connectivity index (χ3n) is 5.09. The molecule has 0 atom stereocenters. The van der Waals surface area contributed by atoms with Gasteiger partial charge >= 0.3 is 0 Å². The second-order valence-corrected chi connectivity index (χ2v) is 7.31. The average Bonchev–Trinajstić information content (AvgIpc) is 3.66. The van der Waals surface area contributed by atoms with Crippen LogP contribution in [0.4, 0.5) is 5.95 Å². The van der Waals surface area contributed by atoms with E-state index in [2.05, 4.69) is 46.6 Å². The van der Waals surface area contributed by atoms with Crippen LogP contribution in [-0.2, 0) is 6.54 Å². The zero-order chi connectivity index (χ0) is 23.8. The highest BCUT2D eigenvalue weighted by Gasteiger charge is 2.21. The first kappa shape index (κ1) is 20.1. The predicted molar refractivity (Wildman–Crippen MR) is 120 cm³/mol. The van der Waals surface area contributed by atoms with E-state index >= 15 is 0 Å². The Labute approximate surface area is 196 Å². The molecule has 5 heterocycles. The van der Waals surface area contributed by atoms with Crippen LogP contribution < -0.4 is 5.73 Å². The van der Waals surface area contributed by atoms with E-state index in [1.54, 1.807) is 48.9 Å². The first-order valence-corrected chi connectivity index (χ1v) is 10.3. The molecule has 0 amide bonds. The van der Waals surface area contributed by atoms with Gasteiger partial charge in [-0.15, -0.1) is 10.2 Å². The Bertz CT molecular complexity index is 1690. The van der Waals surface area contributed by atoms with Gasteiger partial charge in [0.05, 0.1) is 28.6 Å². The van der Waals surface area contributed by atoms with E-state index in [-0.39, 0.29) is 12.5 Å². The van der Waals surface area contributed by atoms with Gasteiger partial charge in [0, 0.05) is 24.2 Å². The Hall–Kier alpha value is -5.58. The van der Waals surface area contributed by atoms with Crippen LogP contribution in [0.2, 0.25) is 0 Å². The summed E-state index contributed by atoms with van der Waals surface area (Å²) in [6.45, 7) is 0.137. The summed E-state index contributed by atoms with van der Waals surface area (Å²) in [5.74, 6) is 0.833. The summed E-state index contributed by atoms with van der Waals surface area (Å²) in [4.78, 5) is 19.0. The third-order valence-corrected chi connectivity index (χ3v) is 5.09. The number of nitriles is 1. The van der Waals surface area contributed by atoms with Crippen molar-refractivity contribution in [2.24, 2.45) is 0 Å². The molecule has 0 bridgehead atoms. The fourth-order valence-corrected chi connectivity index (χ4v) is 3.59. The van der Waals surface area contributed by atoms with E-state index in [0.29, 0.717) is 45.5 Å². The fourth-order valence-electron chi connectivity index (χ4n) is 3.59. The molecule has 2 N–H and O–H groups in total. The fraction of sp³-hybridized carbons (Fsp3) is 0.0476. The van der Waals surface area contributed by atoms with Gasteiger partial charge in [0.1, 0.15) is 12.9 Å². The lowest BCUT2D eigenvalue weighted by atomic mass is 10.0. The molecule has 5 aromatic heterocycles. The van der Waals surface area contributed by atoms with E-state index in [1.165, 1.54) is 20.3 Å². The van der Waals surface area contributed by atoms with E-state index in [4.69, 9.17) is 10.7 Å². The molecule has 6 aromatic rings. The smallest absolute Gasteiger partial charge is 0.290 e. The Kier molecular flexibility index (Phi) is 4.63. The molecule has 0 radical (unpaired) electrons. The molecule has 6 rings (SSSR count). The van der Waals surface area contributed by atoms with Crippen molar-refractivity contribution in [1.29, 1.82) is 5.26 Å². The van der Waals surface area contributed by atoms with Crippen LogP contribution in [0, 0.1) is 11.3 Å². The molecule has 14 nitrogen and oxygen atoms in total. The van der Waals surface area contributed by atoms with Crippen molar-refractivity contribution in [1.82, 2.24) is 59.5 Å². The second-order valence-electron chi connectivity index (χ2n) is 7.31. The van der Waals surface area contributed by atoms with Gasteiger partial charge in [-0.2, -0.15) is 19.7 Å². The summed E-state index contributed by atoms with van der Waals surface area (Å²) in [6.07, 6.45) is 6.40. The highest BCUT2D eigenvalue weighted by atomic mass is 15.6. The van der Waals surface area contributed by atoms with Gasteiger partial charge in [-0.25, -0.2) is 24.6 Å². The molecule has 0 saturated carbocycles. The third kappa shape index (κ3) is 3.58. The lowest BCUT2D eigenvalue weighted by molar-refractivity contribution is 0.552. The second kappa shape index (κ2) is 8.08. The molecule has 0 fully saturated rings. The molecular weight excluding hydrogens is 448 g/mol. The molecule has 0 aliphatic carbocycles. The number of benzene rings is 1. The number of anilines is 1. The molecule has 14 heteroatoms. The molecule has 1 aromatic carbocycles. The number of nitrogens with zero attached hydrogens (tertiary/aromatic N) is 13. The zero-order valence-corrected chi connectivity index (χ0v) is 17.9. The molecular formula is C21H14N14. The maximum atomic E-state index is 9.36. The van der Waals surface area contributed by atoms with Gasteiger partial charge in [0.2, 0.25) is 5.95 Å². The van der Waals surface area contributed by atoms with E-state index < -0.39 is 0 Å². The van der Waals surface area contributed by atoms with E-state index in [9.17, 15) is 5.26 Å². The molecule has 0 aliphatic rings. The molecule has 168 valence electrons. The van der Waals surface area contributed by atoms with Crippen LogP contribution in [-0.4, -0.2) is 59.5 Å². The van der Waals surface area contributed by atoms with Gasteiger partial charge in [-0.3, -0.25) is 0 Å². The quantitative estimate of drug-likeness (QED) is 0.385. The van der Waals surface area contributed by atoms with Gasteiger partial charge in [-0.05, 0) is 29.5 Å². The zero-order valence-electron chi connectivity index (χ0n) is 17.9. The van der Waals surface area contributed by atoms with Crippen molar-refractivity contribution >= 4 is 11.6 Å². The largest absolute Gasteiger partial charge is 0.368 e. The molecule has 0 unspecified atom stereocenters. The van der Waals surface area contributed by atoms with Gasteiger partial charge in [-0.1, -0.05) is 17.2 Å². The molecule has 0 spiro atoms. The number of fused-ring (bicyclic) bond motifs is 1.